The van der Waals surface area contributed by atoms with Gasteiger partial charge in [-0.05, 0) is 18.9 Å². The molecule has 1 aromatic carbocycles. The van der Waals surface area contributed by atoms with Crippen LogP contribution in [0.2, 0.25) is 0 Å². The van der Waals surface area contributed by atoms with Crippen molar-refractivity contribution in [3.8, 4) is 11.3 Å². The minimum absolute atomic E-state index is 0.341. The minimum atomic E-state index is 0.341. The Morgan fingerprint density at radius 1 is 1.28 bits per heavy atom. The van der Waals surface area contributed by atoms with E-state index in [0.29, 0.717) is 12.6 Å². The van der Waals surface area contributed by atoms with Gasteiger partial charge in [0.1, 0.15) is 0 Å². The highest BCUT2D eigenvalue weighted by molar-refractivity contribution is 5.59. The summed E-state index contributed by atoms with van der Waals surface area (Å²) in [6.07, 6.45) is 6.03. The third-order valence-corrected chi connectivity index (χ3v) is 3.30. The maximum Gasteiger partial charge on any atom is 0.0954 e. The topological polar surface area (TPSA) is 43.8 Å². The smallest absolute Gasteiger partial charge is 0.0954 e. The fourth-order valence-electron chi connectivity index (χ4n) is 2.25. The average molecular weight is 243 g/mol. The zero-order chi connectivity index (χ0) is 13.0. The number of aromatic nitrogens is 2. The van der Waals surface area contributed by atoms with Gasteiger partial charge in [-0.2, -0.15) is 0 Å². The van der Waals surface area contributed by atoms with Crippen molar-refractivity contribution in [3.63, 3.8) is 0 Å². The third-order valence-electron chi connectivity index (χ3n) is 3.30. The van der Waals surface area contributed by atoms with Crippen LogP contribution < -0.4 is 5.73 Å². The quantitative estimate of drug-likeness (QED) is 0.876. The van der Waals surface area contributed by atoms with Crippen LogP contribution in [0, 0.1) is 6.92 Å². The van der Waals surface area contributed by atoms with Gasteiger partial charge >= 0.3 is 0 Å². The van der Waals surface area contributed by atoms with Crippen LogP contribution in [-0.2, 0) is 0 Å². The van der Waals surface area contributed by atoms with Crippen LogP contribution in [0.4, 0.5) is 0 Å². The second-order valence-electron chi connectivity index (χ2n) is 4.73. The van der Waals surface area contributed by atoms with Gasteiger partial charge < -0.3 is 10.3 Å². The van der Waals surface area contributed by atoms with E-state index in [4.69, 9.17) is 5.73 Å². The molecule has 2 N–H and O–H groups in total. The molecule has 0 amide bonds. The summed E-state index contributed by atoms with van der Waals surface area (Å²) in [5.74, 6) is 0. The molecule has 1 unspecified atom stereocenters. The number of hydrogen-bond acceptors (Lipinski definition) is 2. The molecule has 0 aliphatic rings. The van der Waals surface area contributed by atoms with E-state index in [1.54, 1.807) is 0 Å². The first-order valence-corrected chi connectivity index (χ1v) is 6.55. The summed E-state index contributed by atoms with van der Waals surface area (Å²) in [5.41, 5.74) is 9.50. The minimum Gasteiger partial charge on any atom is -0.328 e. The summed E-state index contributed by atoms with van der Waals surface area (Å²) in [5, 5.41) is 0. The van der Waals surface area contributed by atoms with Crippen molar-refractivity contribution in [3.05, 3.63) is 42.4 Å². The molecule has 0 saturated carbocycles. The Labute approximate surface area is 109 Å². The first-order chi connectivity index (χ1) is 8.76. The van der Waals surface area contributed by atoms with Gasteiger partial charge in [-0.3, -0.25) is 0 Å². The van der Waals surface area contributed by atoms with Gasteiger partial charge in [-0.1, -0.05) is 43.2 Å². The summed E-state index contributed by atoms with van der Waals surface area (Å²) in [6, 6.07) is 8.88. The lowest BCUT2D eigenvalue weighted by atomic mass is 10.1. The molecule has 2 rings (SSSR count). The maximum atomic E-state index is 5.87. The molecule has 3 heteroatoms. The highest BCUT2D eigenvalue weighted by Gasteiger charge is 2.12. The van der Waals surface area contributed by atoms with E-state index in [2.05, 4.69) is 47.7 Å². The van der Waals surface area contributed by atoms with Gasteiger partial charge in [0, 0.05) is 12.6 Å². The lowest BCUT2D eigenvalue weighted by molar-refractivity contribution is 0.473. The van der Waals surface area contributed by atoms with Crippen molar-refractivity contribution < 1.29 is 0 Å². The number of rotatable bonds is 5. The molecular formula is C15H21N3. The van der Waals surface area contributed by atoms with Crippen LogP contribution in [0.3, 0.4) is 0 Å². The van der Waals surface area contributed by atoms with Crippen molar-refractivity contribution in [2.24, 2.45) is 5.73 Å². The van der Waals surface area contributed by atoms with Crippen molar-refractivity contribution in [1.82, 2.24) is 9.55 Å². The van der Waals surface area contributed by atoms with Crippen molar-refractivity contribution in [1.29, 1.82) is 0 Å². The van der Waals surface area contributed by atoms with E-state index in [0.717, 1.165) is 18.5 Å². The maximum absolute atomic E-state index is 5.87. The van der Waals surface area contributed by atoms with E-state index >= 15 is 0 Å². The lowest BCUT2D eigenvalue weighted by Gasteiger charge is -2.18. The molecule has 0 fully saturated rings. The molecule has 96 valence electrons. The molecule has 0 saturated heterocycles. The van der Waals surface area contributed by atoms with Gasteiger partial charge in [-0.25, -0.2) is 4.98 Å². The SMILES string of the molecule is CCCC(CN)n1cncc1-c1ccc(C)cc1. The molecule has 0 spiro atoms. The summed E-state index contributed by atoms with van der Waals surface area (Å²) in [7, 11) is 0. The molecule has 0 radical (unpaired) electrons. The summed E-state index contributed by atoms with van der Waals surface area (Å²) < 4.78 is 2.20. The molecular weight excluding hydrogens is 222 g/mol. The largest absolute Gasteiger partial charge is 0.328 e. The van der Waals surface area contributed by atoms with Crippen LogP contribution in [0.5, 0.6) is 0 Å². The highest BCUT2D eigenvalue weighted by Crippen LogP contribution is 2.24. The molecule has 2 aromatic rings. The lowest BCUT2D eigenvalue weighted by Crippen LogP contribution is -2.19. The Morgan fingerprint density at radius 3 is 2.61 bits per heavy atom. The molecule has 0 aliphatic carbocycles. The van der Waals surface area contributed by atoms with Gasteiger partial charge in [0.25, 0.3) is 0 Å². The van der Waals surface area contributed by atoms with Crippen LogP contribution in [0.15, 0.2) is 36.8 Å². The van der Waals surface area contributed by atoms with Gasteiger partial charge in [0.05, 0.1) is 18.2 Å². The number of nitrogens with two attached hydrogens (primary N) is 1. The predicted octanol–water partition coefficient (Wildman–Crippen LogP) is 3.16. The van der Waals surface area contributed by atoms with E-state index in [1.807, 2.05) is 12.5 Å². The highest BCUT2D eigenvalue weighted by atomic mass is 15.1. The Kier molecular flexibility index (Phi) is 4.15. The summed E-state index contributed by atoms with van der Waals surface area (Å²) >= 11 is 0. The Bertz CT molecular complexity index is 485. The first-order valence-electron chi connectivity index (χ1n) is 6.55. The van der Waals surface area contributed by atoms with E-state index in [-0.39, 0.29) is 0 Å². The normalized spacial score (nSPS) is 12.6. The van der Waals surface area contributed by atoms with Crippen molar-refractivity contribution in [2.75, 3.05) is 6.54 Å². The van der Waals surface area contributed by atoms with Crippen LogP contribution in [-0.4, -0.2) is 16.1 Å². The molecule has 18 heavy (non-hydrogen) atoms. The zero-order valence-electron chi connectivity index (χ0n) is 11.1. The monoisotopic (exact) mass is 243 g/mol. The molecule has 1 heterocycles. The van der Waals surface area contributed by atoms with E-state index in [9.17, 15) is 0 Å². The number of hydrogen-bond donors (Lipinski definition) is 1. The first kappa shape index (κ1) is 12.8. The summed E-state index contributed by atoms with van der Waals surface area (Å²) in [4.78, 5) is 4.28. The molecule has 0 aliphatic heterocycles. The van der Waals surface area contributed by atoms with E-state index in [1.165, 1.54) is 11.1 Å². The van der Waals surface area contributed by atoms with Crippen LogP contribution in [0.1, 0.15) is 31.4 Å². The van der Waals surface area contributed by atoms with Crippen LogP contribution in [0.25, 0.3) is 11.3 Å². The second kappa shape index (κ2) is 5.83. The van der Waals surface area contributed by atoms with Gasteiger partial charge in [0.2, 0.25) is 0 Å². The number of nitrogens with zero attached hydrogens (tertiary/aromatic N) is 2. The van der Waals surface area contributed by atoms with Crippen LogP contribution >= 0.6 is 0 Å². The molecule has 3 nitrogen and oxygen atoms in total. The summed E-state index contributed by atoms with van der Waals surface area (Å²) in [6.45, 7) is 4.94. The van der Waals surface area contributed by atoms with Crippen molar-refractivity contribution in [2.45, 2.75) is 32.7 Å². The average Bonchev–Trinajstić information content (AvgIpc) is 2.86. The van der Waals surface area contributed by atoms with Gasteiger partial charge in [-0.15, -0.1) is 0 Å². The molecule has 1 aromatic heterocycles. The standard InChI is InChI=1S/C15H21N3/c1-3-4-14(9-16)18-11-17-10-15(18)13-7-5-12(2)6-8-13/h5-8,10-11,14H,3-4,9,16H2,1-2H3. The van der Waals surface area contributed by atoms with Gasteiger partial charge in [0.15, 0.2) is 0 Å². The zero-order valence-corrected chi connectivity index (χ0v) is 11.1. The fourth-order valence-corrected chi connectivity index (χ4v) is 2.25. The number of benzene rings is 1. The molecule has 1 atom stereocenters. The number of imidazole rings is 1. The van der Waals surface area contributed by atoms with Crippen molar-refractivity contribution >= 4 is 0 Å². The second-order valence-corrected chi connectivity index (χ2v) is 4.73. The third kappa shape index (κ3) is 2.62. The fraction of sp³-hybridized carbons (Fsp3) is 0.400. The van der Waals surface area contributed by atoms with E-state index < -0.39 is 0 Å². The number of aryl methyl sites for hydroxylation is 1. The predicted molar refractivity (Wildman–Crippen MR) is 75.4 cm³/mol. The Morgan fingerprint density at radius 2 is 2.00 bits per heavy atom. The Hall–Kier alpha value is -1.61. The molecule has 0 bridgehead atoms. The Balaban J connectivity index is 2.34.